The first-order chi connectivity index (χ1) is 14.7. The van der Waals surface area contributed by atoms with E-state index < -0.39 is 6.10 Å². The van der Waals surface area contributed by atoms with Gasteiger partial charge < -0.3 is 24.6 Å². The zero-order valence-corrected chi connectivity index (χ0v) is 16.7. The molecule has 0 bridgehead atoms. The molecule has 2 amide bonds. The number of aromatic nitrogens is 2. The Labute approximate surface area is 175 Å². The number of carbonyl (C=O) groups excluding carboxylic acids is 2. The van der Waals surface area contributed by atoms with Crippen molar-refractivity contribution in [2.45, 2.75) is 18.9 Å². The first-order valence-electron chi connectivity index (χ1n) is 10.2. The molecule has 0 spiro atoms. The van der Waals surface area contributed by atoms with Gasteiger partial charge in [0.25, 0.3) is 5.91 Å². The van der Waals surface area contributed by atoms with Gasteiger partial charge >= 0.3 is 0 Å². The van der Waals surface area contributed by atoms with Gasteiger partial charge in [0, 0.05) is 51.5 Å². The van der Waals surface area contributed by atoms with Gasteiger partial charge in [-0.1, -0.05) is 12.1 Å². The Hall–Kier alpha value is -3.36. The standard InChI is InChI=1S/C21H25N5O4/c27-19(7-3-8-22-21-23-9-4-10-24-21)25-11-13-26(14-12-25)20(28)18-15-29-16-5-1-2-6-17(16)30-18/h1-2,4-6,9-10,18H,3,7-8,11-15H2,(H,22,23,24)/t18-/m1/s1. The lowest BCUT2D eigenvalue weighted by atomic mass is 10.2. The fraction of sp³-hybridized carbons (Fsp3) is 0.429. The number of benzene rings is 1. The maximum Gasteiger partial charge on any atom is 0.267 e. The van der Waals surface area contributed by atoms with Gasteiger partial charge in [-0.3, -0.25) is 9.59 Å². The summed E-state index contributed by atoms with van der Waals surface area (Å²) >= 11 is 0. The number of hydrogen-bond acceptors (Lipinski definition) is 7. The maximum absolute atomic E-state index is 12.8. The van der Waals surface area contributed by atoms with E-state index in [9.17, 15) is 9.59 Å². The third kappa shape index (κ3) is 4.79. The molecule has 2 aromatic rings. The maximum atomic E-state index is 12.8. The van der Waals surface area contributed by atoms with E-state index in [0.717, 1.165) is 0 Å². The van der Waals surface area contributed by atoms with Crippen LogP contribution >= 0.6 is 0 Å². The highest BCUT2D eigenvalue weighted by atomic mass is 16.6. The van der Waals surface area contributed by atoms with Crippen molar-refractivity contribution >= 4 is 17.8 Å². The molecule has 158 valence electrons. The number of nitrogens with one attached hydrogen (secondary N) is 1. The largest absolute Gasteiger partial charge is 0.485 e. The molecule has 0 unspecified atom stereocenters. The summed E-state index contributed by atoms with van der Waals surface area (Å²) < 4.78 is 11.5. The van der Waals surface area contributed by atoms with Crippen LogP contribution < -0.4 is 14.8 Å². The molecule has 1 N–H and O–H groups in total. The van der Waals surface area contributed by atoms with E-state index in [2.05, 4.69) is 15.3 Å². The summed E-state index contributed by atoms with van der Waals surface area (Å²) in [7, 11) is 0. The van der Waals surface area contributed by atoms with E-state index in [4.69, 9.17) is 9.47 Å². The van der Waals surface area contributed by atoms with Crippen molar-refractivity contribution in [3.05, 3.63) is 42.7 Å². The van der Waals surface area contributed by atoms with Crippen molar-refractivity contribution < 1.29 is 19.1 Å². The van der Waals surface area contributed by atoms with Crippen LogP contribution in [-0.4, -0.2) is 77.0 Å². The molecular weight excluding hydrogens is 386 g/mol. The van der Waals surface area contributed by atoms with Crippen molar-refractivity contribution in [3.8, 4) is 11.5 Å². The van der Waals surface area contributed by atoms with Gasteiger partial charge in [-0.05, 0) is 24.6 Å². The molecule has 1 aromatic carbocycles. The number of carbonyl (C=O) groups is 2. The molecule has 2 aliphatic heterocycles. The molecule has 1 atom stereocenters. The van der Waals surface area contributed by atoms with Crippen LogP contribution in [0.3, 0.4) is 0 Å². The van der Waals surface area contributed by atoms with Crippen molar-refractivity contribution in [2.75, 3.05) is 44.6 Å². The highest BCUT2D eigenvalue weighted by molar-refractivity contribution is 5.82. The van der Waals surface area contributed by atoms with Crippen LogP contribution in [-0.2, 0) is 9.59 Å². The Bertz CT molecular complexity index is 871. The van der Waals surface area contributed by atoms with Gasteiger partial charge in [-0.15, -0.1) is 0 Å². The third-order valence-corrected chi connectivity index (χ3v) is 5.14. The van der Waals surface area contributed by atoms with Crippen molar-refractivity contribution in [1.29, 1.82) is 0 Å². The van der Waals surface area contributed by atoms with Gasteiger partial charge in [0.05, 0.1) is 0 Å². The zero-order chi connectivity index (χ0) is 20.8. The summed E-state index contributed by atoms with van der Waals surface area (Å²) in [5, 5.41) is 3.10. The molecular formula is C21H25N5O4. The van der Waals surface area contributed by atoms with Crippen LogP contribution in [0.15, 0.2) is 42.7 Å². The smallest absolute Gasteiger partial charge is 0.267 e. The monoisotopic (exact) mass is 411 g/mol. The number of para-hydroxylation sites is 2. The van der Waals surface area contributed by atoms with E-state index in [1.165, 1.54) is 0 Å². The Kier molecular flexibility index (Phi) is 6.26. The van der Waals surface area contributed by atoms with E-state index >= 15 is 0 Å². The van der Waals surface area contributed by atoms with E-state index in [0.29, 0.717) is 63.0 Å². The fourth-order valence-electron chi connectivity index (χ4n) is 3.51. The molecule has 2 aliphatic rings. The highest BCUT2D eigenvalue weighted by Gasteiger charge is 2.33. The fourth-order valence-corrected chi connectivity index (χ4v) is 3.51. The van der Waals surface area contributed by atoms with E-state index in [-0.39, 0.29) is 18.4 Å². The number of anilines is 1. The average molecular weight is 411 g/mol. The second kappa shape index (κ2) is 9.43. The molecule has 0 radical (unpaired) electrons. The normalized spacial score (nSPS) is 18.1. The first-order valence-corrected chi connectivity index (χ1v) is 10.2. The number of fused-ring (bicyclic) bond motifs is 1. The first kappa shape index (κ1) is 19.9. The number of piperazine rings is 1. The Morgan fingerprint density at radius 3 is 2.47 bits per heavy atom. The van der Waals surface area contributed by atoms with Gasteiger partial charge in [0.2, 0.25) is 18.0 Å². The lowest BCUT2D eigenvalue weighted by molar-refractivity contribution is -0.146. The topological polar surface area (TPSA) is 96.9 Å². The number of rotatable bonds is 6. The second-order valence-corrected chi connectivity index (χ2v) is 7.17. The predicted molar refractivity (Wildman–Crippen MR) is 109 cm³/mol. The minimum Gasteiger partial charge on any atom is -0.485 e. The van der Waals surface area contributed by atoms with Gasteiger partial charge in [0.15, 0.2) is 11.5 Å². The van der Waals surface area contributed by atoms with Gasteiger partial charge in [0.1, 0.15) is 6.61 Å². The molecule has 9 nitrogen and oxygen atoms in total. The molecule has 0 aliphatic carbocycles. The second-order valence-electron chi connectivity index (χ2n) is 7.17. The van der Waals surface area contributed by atoms with E-state index in [1.807, 2.05) is 23.1 Å². The Balaban J connectivity index is 1.18. The van der Waals surface area contributed by atoms with Crippen molar-refractivity contribution in [3.63, 3.8) is 0 Å². The Morgan fingerprint density at radius 1 is 1.00 bits per heavy atom. The van der Waals surface area contributed by atoms with Crippen molar-refractivity contribution in [2.24, 2.45) is 0 Å². The zero-order valence-electron chi connectivity index (χ0n) is 16.7. The van der Waals surface area contributed by atoms with Crippen LogP contribution in [0.1, 0.15) is 12.8 Å². The van der Waals surface area contributed by atoms with Crippen LogP contribution in [0.4, 0.5) is 5.95 Å². The molecule has 4 rings (SSSR count). The van der Waals surface area contributed by atoms with Crippen LogP contribution in [0.2, 0.25) is 0 Å². The minimum atomic E-state index is -0.645. The van der Waals surface area contributed by atoms with Crippen LogP contribution in [0.25, 0.3) is 0 Å². The number of nitrogens with zero attached hydrogens (tertiary/aromatic N) is 4. The Morgan fingerprint density at radius 2 is 1.70 bits per heavy atom. The van der Waals surface area contributed by atoms with Crippen molar-refractivity contribution in [1.82, 2.24) is 19.8 Å². The molecule has 1 aromatic heterocycles. The molecule has 30 heavy (non-hydrogen) atoms. The summed E-state index contributed by atoms with van der Waals surface area (Å²) in [6, 6.07) is 9.09. The number of amides is 2. The summed E-state index contributed by atoms with van der Waals surface area (Å²) in [6.45, 7) is 2.90. The average Bonchev–Trinajstić information content (AvgIpc) is 2.81. The van der Waals surface area contributed by atoms with Gasteiger partial charge in [-0.25, -0.2) is 9.97 Å². The van der Waals surface area contributed by atoms with Gasteiger partial charge in [-0.2, -0.15) is 0 Å². The van der Waals surface area contributed by atoms with Crippen LogP contribution in [0, 0.1) is 0 Å². The number of hydrogen-bond donors (Lipinski definition) is 1. The summed E-state index contributed by atoms with van der Waals surface area (Å²) in [6.07, 6.45) is 3.84. The van der Waals surface area contributed by atoms with Crippen LogP contribution in [0.5, 0.6) is 11.5 Å². The lowest BCUT2D eigenvalue weighted by Gasteiger charge is -2.37. The lowest BCUT2D eigenvalue weighted by Crippen LogP contribution is -2.55. The predicted octanol–water partition coefficient (Wildman–Crippen LogP) is 1.18. The number of ether oxygens (including phenoxy) is 2. The minimum absolute atomic E-state index is 0.0938. The molecule has 1 saturated heterocycles. The third-order valence-electron chi connectivity index (χ3n) is 5.14. The quantitative estimate of drug-likeness (QED) is 0.713. The summed E-state index contributed by atoms with van der Waals surface area (Å²) in [5.41, 5.74) is 0. The van der Waals surface area contributed by atoms with E-state index in [1.54, 1.807) is 29.4 Å². The molecule has 1 fully saturated rings. The SMILES string of the molecule is O=C(CCCNc1ncccn1)N1CCN(C(=O)[C@H]2COc3ccccc3O2)CC1. The molecule has 0 saturated carbocycles. The molecule has 9 heteroatoms. The summed E-state index contributed by atoms with van der Waals surface area (Å²) in [5.74, 6) is 1.82. The molecule has 3 heterocycles. The summed E-state index contributed by atoms with van der Waals surface area (Å²) in [4.78, 5) is 37.0. The highest BCUT2D eigenvalue weighted by Crippen LogP contribution is 2.31.